The first-order chi connectivity index (χ1) is 13.2. The highest BCUT2D eigenvalue weighted by molar-refractivity contribution is 5.89. The van der Waals surface area contributed by atoms with Crippen molar-refractivity contribution in [2.45, 2.75) is 38.0 Å². The maximum Gasteiger partial charge on any atom is 0.152 e. The monoisotopic (exact) mass is 358 g/mol. The van der Waals surface area contributed by atoms with E-state index in [-0.39, 0.29) is 17.7 Å². The largest absolute Gasteiger partial charge is 0.483 e. The minimum Gasteiger partial charge on any atom is -0.483 e. The summed E-state index contributed by atoms with van der Waals surface area (Å²) in [5, 5.41) is 3.75. The lowest BCUT2D eigenvalue weighted by molar-refractivity contribution is 0.261. The fourth-order valence-electron chi connectivity index (χ4n) is 3.99. The topological polar surface area (TPSA) is 33.6 Å². The first kappa shape index (κ1) is 17.6. The van der Waals surface area contributed by atoms with E-state index in [1.807, 2.05) is 30.3 Å². The first-order valence-corrected chi connectivity index (χ1v) is 9.62. The van der Waals surface area contributed by atoms with Gasteiger partial charge in [-0.2, -0.15) is 0 Å². The van der Waals surface area contributed by atoms with Crippen LogP contribution in [-0.4, -0.2) is 17.5 Å². The zero-order valence-electron chi connectivity index (χ0n) is 15.9. The molecule has 1 N–H and O–H groups in total. The SMILES string of the molecule is CC(Oc1ccccc1)C1=N[C@H](c2ccccc2)[C@](C)(C2C=CC=CC2)N1. The van der Waals surface area contributed by atoms with Gasteiger partial charge in [-0.05, 0) is 38.0 Å². The number of hydrogen-bond donors (Lipinski definition) is 1. The Labute approximate surface area is 161 Å². The molecule has 4 atom stereocenters. The van der Waals surface area contributed by atoms with Crippen LogP contribution in [0.2, 0.25) is 0 Å². The van der Waals surface area contributed by atoms with Gasteiger partial charge in [-0.1, -0.05) is 72.8 Å². The van der Waals surface area contributed by atoms with Gasteiger partial charge in [0, 0.05) is 5.92 Å². The van der Waals surface area contributed by atoms with Crippen LogP contribution < -0.4 is 10.1 Å². The smallest absolute Gasteiger partial charge is 0.152 e. The third kappa shape index (κ3) is 3.55. The van der Waals surface area contributed by atoms with Gasteiger partial charge in [-0.15, -0.1) is 0 Å². The van der Waals surface area contributed by atoms with E-state index in [0.717, 1.165) is 18.0 Å². The van der Waals surface area contributed by atoms with Gasteiger partial charge in [0.05, 0.1) is 5.54 Å². The number of amidine groups is 1. The highest BCUT2D eigenvalue weighted by Gasteiger charge is 2.46. The van der Waals surface area contributed by atoms with Gasteiger partial charge in [-0.25, -0.2) is 0 Å². The Morgan fingerprint density at radius 2 is 1.74 bits per heavy atom. The lowest BCUT2D eigenvalue weighted by atomic mass is 9.75. The van der Waals surface area contributed by atoms with Crippen molar-refractivity contribution in [3.05, 3.63) is 90.5 Å². The van der Waals surface area contributed by atoms with E-state index in [4.69, 9.17) is 9.73 Å². The van der Waals surface area contributed by atoms with Gasteiger partial charge in [-0.3, -0.25) is 4.99 Å². The number of nitrogens with zero attached hydrogens (tertiary/aromatic N) is 1. The molecule has 1 heterocycles. The lowest BCUT2D eigenvalue weighted by Crippen LogP contribution is -2.52. The molecule has 0 aromatic heterocycles. The highest BCUT2D eigenvalue weighted by Crippen LogP contribution is 2.42. The van der Waals surface area contributed by atoms with Gasteiger partial charge < -0.3 is 10.1 Å². The van der Waals surface area contributed by atoms with Crippen molar-refractivity contribution >= 4 is 5.84 Å². The Bertz CT molecular complexity index is 856. The molecule has 1 aliphatic carbocycles. The molecule has 3 heteroatoms. The van der Waals surface area contributed by atoms with Crippen molar-refractivity contribution in [2.24, 2.45) is 10.9 Å². The molecule has 0 spiro atoms. The summed E-state index contributed by atoms with van der Waals surface area (Å²) in [6.07, 6.45) is 9.68. The van der Waals surface area contributed by atoms with E-state index >= 15 is 0 Å². The second kappa shape index (κ2) is 7.43. The second-order valence-electron chi connectivity index (χ2n) is 7.46. The summed E-state index contributed by atoms with van der Waals surface area (Å²) >= 11 is 0. The van der Waals surface area contributed by atoms with Crippen LogP contribution >= 0.6 is 0 Å². The molecule has 0 saturated heterocycles. The van der Waals surface area contributed by atoms with Crippen molar-refractivity contribution in [3.8, 4) is 5.75 Å². The third-order valence-electron chi connectivity index (χ3n) is 5.54. The van der Waals surface area contributed by atoms with E-state index in [9.17, 15) is 0 Å². The van der Waals surface area contributed by atoms with E-state index in [1.54, 1.807) is 0 Å². The molecule has 2 aliphatic rings. The van der Waals surface area contributed by atoms with Gasteiger partial charge in [0.1, 0.15) is 17.6 Å². The maximum absolute atomic E-state index is 6.14. The van der Waals surface area contributed by atoms with Gasteiger partial charge >= 0.3 is 0 Å². The molecule has 138 valence electrons. The molecule has 3 nitrogen and oxygen atoms in total. The highest BCUT2D eigenvalue weighted by atomic mass is 16.5. The second-order valence-corrected chi connectivity index (χ2v) is 7.46. The fraction of sp³-hybridized carbons (Fsp3) is 0.292. The molecular formula is C24H26N2O. The number of hydrogen-bond acceptors (Lipinski definition) is 3. The number of ether oxygens (including phenoxy) is 1. The van der Waals surface area contributed by atoms with Gasteiger partial charge in [0.2, 0.25) is 0 Å². The van der Waals surface area contributed by atoms with Crippen LogP contribution in [0.15, 0.2) is 90.0 Å². The molecule has 0 amide bonds. The fourth-order valence-corrected chi connectivity index (χ4v) is 3.99. The van der Waals surface area contributed by atoms with Crippen molar-refractivity contribution in [1.82, 2.24) is 5.32 Å². The number of rotatable bonds is 5. The van der Waals surface area contributed by atoms with Crippen molar-refractivity contribution in [3.63, 3.8) is 0 Å². The van der Waals surface area contributed by atoms with Gasteiger partial charge in [0.25, 0.3) is 0 Å². The summed E-state index contributed by atoms with van der Waals surface area (Å²) in [6.45, 7) is 4.34. The number of nitrogens with one attached hydrogen (secondary N) is 1. The van der Waals surface area contributed by atoms with Crippen LogP contribution in [0, 0.1) is 5.92 Å². The molecule has 0 radical (unpaired) electrons. The molecule has 2 aromatic carbocycles. The summed E-state index contributed by atoms with van der Waals surface area (Å²) in [5.74, 6) is 2.15. The number of benzene rings is 2. The van der Waals surface area contributed by atoms with Crippen LogP contribution in [0.5, 0.6) is 5.75 Å². The maximum atomic E-state index is 6.14. The number of para-hydroxylation sites is 1. The predicted octanol–water partition coefficient (Wildman–Crippen LogP) is 5.09. The zero-order chi connectivity index (χ0) is 18.7. The Hall–Kier alpha value is -2.81. The van der Waals surface area contributed by atoms with Crippen LogP contribution in [0.3, 0.4) is 0 Å². The summed E-state index contributed by atoms with van der Waals surface area (Å²) in [7, 11) is 0. The van der Waals surface area contributed by atoms with Crippen LogP contribution in [0.25, 0.3) is 0 Å². The van der Waals surface area contributed by atoms with E-state index in [0.29, 0.717) is 5.92 Å². The Kier molecular flexibility index (Phi) is 4.85. The molecule has 2 aromatic rings. The molecule has 0 saturated carbocycles. The average molecular weight is 358 g/mol. The summed E-state index contributed by atoms with van der Waals surface area (Å²) in [6, 6.07) is 20.5. The number of allylic oxidation sites excluding steroid dienone is 3. The normalized spacial score (nSPS) is 27.7. The Morgan fingerprint density at radius 3 is 2.41 bits per heavy atom. The lowest BCUT2D eigenvalue weighted by Gasteiger charge is -2.38. The summed E-state index contributed by atoms with van der Waals surface area (Å²) in [4.78, 5) is 5.11. The van der Waals surface area contributed by atoms with E-state index in [1.165, 1.54) is 5.56 Å². The quantitative estimate of drug-likeness (QED) is 0.808. The van der Waals surface area contributed by atoms with Crippen LogP contribution in [-0.2, 0) is 0 Å². The Morgan fingerprint density at radius 1 is 1.04 bits per heavy atom. The van der Waals surface area contributed by atoms with Crippen molar-refractivity contribution in [1.29, 1.82) is 0 Å². The van der Waals surface area contributed by atoms with Crippen LogP contribution in [0.1, 0.15) is 31.9 Å². The third-order valence-corrected chi connectivity index (χ3v) is 5.54. The average Bonchev–Trinajstić information content (AvgIpc) is 3.09. The molecule has 0 bridgehead atoms. The van der Waals surface area contributed by atoms with Crippen molar-refractivity contribution < 1.29 is 4.74 Å². The van der Waals surface area contributed by atoms with Crippen molar-refractivity contribution in [2.75, 3.05) is 0 Å². The predicted molar refractivity (Wildman–Crippen MR) is 111 cm³/mol. The molecule has 2 unspecified atom stereocenters. The molecule has 27 heavy (non-hydrogen) atoms. The molecule has 4 rings (SSSR count). The Balaban J connectivity index is 1.63. The molecule has 0 fully saturated rings. The first-order valence-electron chi connectivity index (χ1n) is 9.62. The van der Waals surface area contributed by atoms with Gasteiger partial charge in [0.15, 0.2) is 6.10 Å². The number of aliphatic imine (C=N–C) groups is 1. The minimum atomic E-state index is -0.188. The summed E-state index contributed by atoms with van der Waals surface area (Å²) in [5.41, 5.74) is 1.05. The standard InChI is InChI=1S/C24H26N2O/c1-18(27-21-16-10-5-11-17-21)23-25-22(19-12-6-3-7-13-19)24(2,26-23)20-14-8-4-9-15-20/h3-14,16-18,20,22H,15H2,1-2H3,(H,25,26)/t18?,20?,22-,24+/m1/s1. The zero-order valence-corrected chi connectivity index (χ0v) is 15.9. The minimum absolute atomic E-state index is 0.0525. The van der Waals surface area contributed by atoms with E-state index in [2.05, 4.69) is 73.8 Å². The molecule has 1 aliphatic heterocycles. The van der Waals surface area contributed by atoms with Crippen LogP contribution in [0.4, 0.5) is 0 Å². The summed E-state index contributed by atoms with van der Waals surface area (Å²) < 4.78 is 6.14. The molecular weight excluding hydrogens is 332 g/mol. The van der Waals surface area contributed by atoms with E-state index < -0.39 is 0 Å².